The van der Waals surface area contributed by atoms with E-state index < -0.39 is 0 Å². The molecule has 1 saturated carbocycles. The lowest BCUT2D eigenvalue weighted by Gasteiger charge is -2.40. The van der Waals surface area contributed by atoms with Gasteiger partial charge in [-0.05, 0) is 37.1 Å². The van der Waals surface area contributed by atoms with E-state index in [9.17, 15) is 9.90 Å². The third-order valence-corrected chi connectivity index (χ3v) is 5.31. The Balaban J connectivity index is 1.59. The van der Waals surface area contributed by atoms with E-state index in [-0.39, 0.29) is 24.0 Å². The van der Waals surface area contributed by atoms with Gasteiger partial charge in [-0.15, -0.1) is 0 Å². The molecule has 1 aliphatic heterocycles. The van der Waals surface area contributed by atoms with Crippen LogP contribution in [0.25, 0.3) is 5.69 Å². The normalized spacial score (nSPS) is 26.8. The molecule has 0 bridgehead atoms. The fourth-order valence-corrected chi connectivity index (χ4v) is 4.02. The number of aromatic nitrogens is 2. The molecule has 1 saturated heterocycles. The van der Waals surface area contributed by atoms with Crippen LogP contribution in [0.2, 0.25) is 0 Å². The Bertz CT molecular complexity index is 731. The molecule has 2 aromatic rings. The molecule has 6 nitrogen and oxygen atoms in total. The van der Waals surface area contributed by atoms with Crippen LogP contribution in [0.5, 0.6) is 0 Å². The molecule has 4 rings (SSSR count). The molecule has 1 aliphatic carbocycles. The van der Waals surface area contributed by atoms with Gasteiger partial charge in [0.1, 0.15) is 0 Å². The van der Waals surface area contributed by atoms with E-state index in [2.05, 4.69) is 5.10 Å². The zero-order valence-electron chi connectivity index (χ0n) is 14.1. The maximum absolute atomic E-state index is 13.2. The number of carbonyl (C=O) groups is 1. The molecule has 3 atom stereocenters. The molecular weight excluding hydrogens is 318 g/mol. The number of aliphatic hydroxyl groups excluding tert-OH is 1. The number of hydrogen-bond acceptors (Lipinski definition) is 4. The minimum Gasteiger partial charge on any atom is -0.393 e. The molecule has 1 amide bonds. The van der Waals surface area contributed by atoms with E-state index in [4.69, 9.17) is 4.74 Å². The van der Waals surface area contributed by atoms with Crippen LogP contribution >= 0.6 is 0 Å². The Kier molecular flexibility index (Phi) is 4.55. The molecule has 0 unspecified atom stereocenters. The van der Waals surface area contributed by atoms with Crippen LogP contribution in [0, 0.1) is 5.92 Å². The summed E-state index contributed by atoms with van der Waals surface area (Å²) < 4.78 is 7.37. The van der Waals surface area contributed by atoms with Crippen molar-refractivity contribution in [1.29, 1.82) is 0 Å². The lowest BCUT2D eigenvalue weighted by molar-refractivity contribution is -0.0383. The number of aliphatic hydroxyl groups is 1. The van der Waals surface area contributed by atoms with Crippen molar-refractivity contribution in [3.63, 3.8) is 0 Å². The number of rotatable bonds is 3. The molecule has 1 aromatic carbocycles. The second-order valence-electron chi connectivity index (χ2n) is 6.80. The lowest BCUT2D eigenvalue weighted by Crippen LogP contribution is -2.53. The first-order valence-corrected chi connectivity index (χ1v) is 8.91. The first-order valence-electron chi connectivity index (χ1n) is 8.91. The predicted octanol–water partition coefficient (Wildman–Crippen LogP) is 1.87. The fraction of sp³-hybridized carbons (Fsp3) is 0.474. The van der Waals surface area contributed by atoms with Crippen LogP contribution < -0.4 is 0 Å². The molecule has 2 fully saturated rings. The highest BCUT2D eigenvalue weighted by Crippen LogP contribution is 2.33. The van der Waals surface area contributed by atoms with Crippen LogP contribution in [0.15, 0.2) is 42.7 Å². The summed E-state index contributed by atoms with van der Waals surface area (Å²) in [4.78, 5) is 15.0. The quantitative estimate of drug-likeness (QED) is 0.925. The number of nitrogens with zero attached hydrogens (tertiary/aromatic N) is 3. The lowest BCUT2D eigenvalue weighted by atomic mass is 9.93. The summed E-state index contributed by atoms with van der Waals surface area (Å²) in [5, 5.41) is 14.5. The van der Waals surface area contributed by atoms with Gasteiger partial charge in [0, 0.05) is 30.4 Å². The summed E-state index contributed by atoms with van der Waals surface area (Å²) in [6.45, 7) is 1.62. The van der Waals surface area contributed by atoms with E-state index in [1.807, 2.05) is 41.4 Å². The number of ether oxygens (including phenoxy) is 1. The molecular formula is C19H23N3O3. The van der Waals surface area contributed by atoms with Crippen molar-refractivity contribution >= 4 is 5.91 Å². The van der Waals surface area contributed by atoms with Gasteiger partial charge in [0.05, 0.1) is 31.0 Å². The highest BCUT2D eigenvalue weighted by molar-refractivity contribution is 5.95. The van der Waals surface area contributed by atoms with E-state index in [1.165, 1.54) is 0 Å². The van der Waals surface area contributed by atoms with Crippen LogP contribution in [0.1, 0.15) is 29.6 Å². The van der Waals surface area contributed by atoms with Crippen LogP contribution in [0.3, 0.4) is 0 Å². The predicted molar refractivity (Wildman–Crippen MR) is 92.6 cm³/mol. The summed E-state index contributed by atoms with van der Waals surface area (Å²) in [6, 6.07) is 9.33. The minimum absolute atomic E-state index is 0.00130. The maximum Gasteiger partial charge on any atom is 0.254 e. The number of carbonyl (C=O) groups excluding carboxylic acids is 1. The molecule has 0 spiro atoms. The van der Waals surface area contributed by atoms with Gasteiger partial charge in [-0.25, -0.2) is 4.68 Å². The van der Waals surface area contributed by atoms with E-state index in [0.717, 1.165) is 24.9 Å². The molecule has 6 heteroatoms. The topological polar surface area (TPSA) is 67.6 Å². The largest absolute Gasteiger partial charge is 0.393 e. The second kappa shape index (κ2) is 6.98. The van der Waals surface area contributed by atoms with E-state index in [0.29, 0.717) is 25.3 Å². The van der Waals surface area contributed by atoms with E-state index >= 15 is 0 Å². The molecule has 132 valence electrons. The highest BCUT2D eigenvalue weighted by atomic mass is 16.5. The molecule has 1 N–H and O–H groups in total. The Labute approximate surface area is 147 Å². The smallest absolute Gasteiger partial charge is 0.254 e. The van der Waals surface area contributed by atoms with Crippen molar-refractivity contribution in [3.8, 4) is 5.69 Å². The molecule has 2 aliphatic rings. The highest BCUT2D eigenvalue weighted by Gasteiger charge is 2.39. The van der Waals surface area contributed by atoms with Gasteiger partial charge in [0.15, 0.2) is 0 Å². The van der Waals surface area contributed by atoms with Crippen molar-refractivity contribution in [2.75, 3.05) is 19.8 Å². The monoisotopic (exact) mass is 341 g/mol. The Hall–Kier alpha value is -2.18. The number of morpholine rings is 1. The first-order chi connectivity index (χ1) is 12.2. The number of amides is 1. The third-order valence-electron chi connectivity index (χ3n) is 5.31. The standard InChI is InChI=1S/C19H23N3O3/c23-18-7-2-6-16(18)17-13-25-11-10-21(17)19(24)14-4-1-5-15(12-14)22-9-3-8-20-22/h1,3-5,8-9,12,16-18,23H,2,6-7,10-11,13H2/t16-,17+,18-/m0/s1. The molecule has 25 heavy (non-hydrogen) atoms. The molecule has 2 heterocycles. The van der Waals surface area contributed by atoms with Crippen molar-refractivity contribution in [2.45, 2.75) is 31.4 Å². The summed E-state index contributed by atoms with van der Waals surface area (Å²) in [5.41, 5.74) is 1.51. The summed E-state index contributed by atoms with van der Waals surface area (Å²) >= 11 is 0. The van der Waals surface area contributed by atoms with Gasteiger partial charge in [0.25, 0.3) is 5.91 Å². The van der Waals surface area contributed by atoms with Gasteiger partial charge >= 0.3 is 0 Å². The third kappa shape index (κ3) is 3.19. The first kappa shape index (κ1) is 16.3. The van der Waals surface area contributed by atoms with E-state index in [1.54, 1.807) is 10.9 Å². The van der Waals surface area contributed by atoms with Crippen LogP contribution in [-0.2, 0) is 4.74 Å². The number of hydrogen-bond donors (Lipinski definition) is 1. The average molecular weight is 341 g/mol. The summed E-state index contributed by atoms with van der Waals surface area (Å²) in [6.07, 6.45) is 6.02. The maximum atomic E-state index is 13.2. The SMILES string of the molecule is O=C(c1cccc(-n2cccn2)c1)N1CCOC[C@@H]1[C@@H]1CCC[C@@H]1O. The zero-order chi connectivity index (χ0) is 17.2. The fourth-order valence-electron chi connectivity index (χ4n) is 4.02. The van der Waals surface area contributed by atoms with Crippen molar-refractivity contribution in [2.24, 2.45) is 5.92 Å². The molecule has 0 radical (unpaired) electrons. The average Bonchev–Trinajstić information content (AvgIpc) is 3.33. The van der Waals surface area contributed by atoms with Gasteiger partial charge in [-0.3, -0.25) is 4.79 Å². The van der Waals surface area contributed by atoms with Crippen molar-refractivity contribution < 1.29 is 14.6 Å². The zero-order valence-corrected chi connectivity index (χ0v) is 14.1. The summed E-state index contributed by atoms with van der Waals surface area (Å²) in [5.74, 6) is 0.111. The van der Waals surface area contributed by atoms with Gasteiger partial charge in [-0.1, -0.05) is 12.5 Å². The van der Waals surface area contributed by atoms with Crippen molar-refractivity contribution in [3.05, 3.63) is 48.3 Å². The minimum atomic E-state index is -0.336. The van der Waals surface area contributed by atoms with Crippen molar-refractivity contribution in [1.82, 2.24) is 14.7 Å². The van der Waals surface area contributed by atoms with Crippen LogP contribution in [0.4, 0.5) is 0 Å². The second-order valence-corrected chi connectivity index (χ2v) is 6.80. The molecule has 1 aromatic heterocycles. The number of benzene rings is 1. The summed E-state index contributed by atoms with van der Waals surface area (Å²) in [7, 11) is 0. The van der Waals surface area contributed by atoms with Gasteiger partial charge in [-0.2, -0.15) is 5.10 Å². The van der Waals surface area contributed by atoms with Gasteiger partial charge in [0.2, 0.25) is 0 Å². The Morgan fingerprint density at radius 2 is 2.20 bits per heavy atom. The Morgan fingerprint density at radius 1 is 1.28 bits per heavy atom. The Morgan fingerprint density at radius 3 is 2.96 bits per heavy atom. The van der Waals surface area contributed by atoms with Gasteiger partial charge < -0.3 is 14.7 Å². The van der Waals surface area contributed by atoms with Crippen LogP contribution in [-0.4, -0.2) is 57.6 Å².